The molecule has 1 aliphatic rings. The number of nitrogens with one attached hydrogen (secondary N) is 1. The quantitative estimate of drug-likeness (QED) is 0.902. The molecule has 2 rings (SSSR count). The predicted molar refractivity (Wildman–Crippen MR) is 79.6 cm³/mol. The van der Waals surface area contributed by atoms with Gasteiger partial charge in [0.1, 0.15) is 0 Å². The third-order valence-corrected chi connectivity index (χ3v) is 3.71. The van der Waals surface area contributed by atoms with Gasteiger partial charge in [0, 0.05) is 18.3 Å². The van der Waals surface area contributed by atoms with Crippen molar-refractivity contribution in [3.05, 3.63) is 29.3 Å². The van der Waals surface area contributed by atoms with Crippen LogP contribution in [0.4, 0.5) is 5.69 Å². The Morgan fingerprint density at radius 3 is 2.79 bits per heavy atom. The smallest absolute Gasteiger partial charge is 0.244 e. The van der Waals surface area contributed by atoms with E-state index in [2.05, 4.69) is 51.2 Å². The molecule has 0 aromatic heterocycles. The third-order valence-electron chi connectivity index (χ3n) is 3.71. The van der Waals surface area contributed by atoms with Gasteiger partial charge in [-0.2, -0.15) is 0 Å². The van der Waals surface area contributed by atoms with Gasteiger partial charge < -0.3 is 10.2 Å². The minimum absolute atomic E-state index is 0.0238. The van der Waals surface area contributed by atoms with Crippen LogP contribution in [-0.2, 0) is 11.2 Å². The van der Waals surface area contributed by atoms with Crippen LogP contribution >= 0.6 is 0 Å². The van der Waals surface area contributed by atoms with Crippen LogP contribution in [0, 0.1) is 6.92 Å². The Bertz CT molecular complexity index is 468. The van der Waals surface area contributed by atoms with Gasteiger partial charge in [0.15, 0.2) is 0 Å². The molecular formula is C16H24N2O. The molecule has 19 heavy (non-hydrogen) atoms. The SMILES string of the molecule is CCc1cccc(C)c1N1CCC(NC(C)C)C1=O. The Labute approximate surface area is 116 Å². The molecular weight excluding hydrogens is 236 g/mol. The highest BCUT2D eigenvalue weighted by atomic mass is 16.2. The van der Waals surface area contributed by atoms with Crippen LogP contribution in [0.5, 0.6) is 0 Å². The second kappa shape index (κ2) is 5.74. The lowest BCUT2D eigenvalue weighted by atomic mass is 10.0. The molecule has 1 amide bonds. The second-order valence-electron chi connectivity index (χ2n) is 5.59. The van der Waals surface area contributed by atoms with Crippen molar-refractivity contribution < 1.29 is 4.79 Å². The van der Waals surface area contributed by atoms with Crippen LogP contribution in [0.25, 0.3) is 0 Å². The average Bonchev–Trinajstić information content (AvgIpc) is 2.70. The lowest BCUT2D eigenvalue weighted by molar-refractivity contribution is -0.119. The van der Waals surface area contributed by atoms with E-state index in [1.54, 1.807) is 0 Å². The molecule has 3 nitrogen and oxygen atoms in total. The van der Waals surface area contributed by atoms with Gasteiger partial charge >= 0.3 is 0 Å². The first-order valence-corrected chi connectivity index (χ1v) is 7.20. The number of carbonyl (C=O) groups is 1. The molecule has 1 unspecified atom stereocenters. The highest BCUT2D eigenvalue weighted by molar-refractivity contribution is 6.00. The monoisotopic (exact) mass is 260 g/mol. The van der Waals surface area contributed by atoms with Crippen molar-refractivity contribution in [3.63, 3.8) is 0 Å². The summed E-state index contributed by atoms with van der Waals surface area (Å²) < 4.78 is 0. The molecule has 3 heteroatoms. The van der Waals surface area contributed by atoms with Gasteiger partial charge in [0.2, 0.25) is 5.91 Å². The van der Waals surface area contributed by atoms with Crippen molar-refractivity contribution in [2.75, 3.05) is 11.4 Å². The molecule has 1 N–H and O–H groups in total. The van der Waals surface area contributed by atoms with Crippen molar-refractivity contribution in [2.45, 2.75) is 52.6 Å². The van der Waals surface area contributed by atoms with E-state index in [9.17, 15) is 4.79 Å². The standard InChI is InChI=1S/C16H24N2O/c1-5-13-8-6-7-12(4)15(13)18-10-9-14(16(18)19)17-11(2)3/h6-8,11,14,17H,5,9-10H2,1-4H3. The lowest BCUT2D eigenvalue weighted by Gasteiger charge is -2.23. The van der Waals surface area contributed by atoms with Crippen LogP contribution in [-0.4, -0.2) is 24.5 Å². The van der Waals surface area contributed by atoms with Crippen LogP contribution in [0.15, 0.2) is 18.2 Å². The maximum absolute atomic E-state index is 12.5. The van der Waals surface area contributed by atoms with E-state index in [1.165, 1.54) is 11.1 Å². The molecule has 0 spiro atoms. The number of rotatable bonds is 4. The van der Waals surface area contributed by atoms with E-state index in [-0.39, 0.29) is 11.9 Å². The van der Waals surface area contributed by atoms with E-state index >= 15 is 0 Å². The number of aryl methyl sites for hydroxylation is 2. The zero-order chi connectivity index (χ0) is 14.0. The largest absolute Gasteiger partial charge is 0.310 e. The Balaban J connectivity index is 2.27. The van der Waals surface area contributed by atoms with E-state index in [0.717, 1.165) is 25.1 Å². The normalized spacial score (nSPS) is 19.5. The summed E-state index contributed by atoms with van der Waals surface area (Å²) in [6.07, 6.45) is 1.86. The number of amides is 1. The summed E-state index contributed by atoms with van der Waals surface area (Å²) in [6.45, 7) is 9.22. The summed E-state index contributed by atoms with van der Waals surface area (Å²) in [5.41, 5.74) is 3.58. The highest BCUT2D eigenvalue weighted by Crippen LogP contribution is 2.29. The fraction of sp³-hybridized carbons (Fsp3) is 0.562. The Morgan fingerprint density at radius 1 is 1.42 bits per heavy atom. The molecule has 1 atom stereocenters. The maximum atomic E-state index is 12.5. The molecule has 1 fully saturated rings. The number of para-hydroxylation sites is 1. The number of carbonyl (C=O) groups excluding carboxylic acids is 1. The predicted octanol–water partition coefficient (Wildman–Crippen LogP) is 2.66. The molecule has 1 aliphatic heterocycles. The van der Waals surface area contributed by atoms with Crippen LogP contribution in [0.2, 0.25) is 0 Å². The highest BCUT2D eigenvalue weighted by Gasteiger charge is 2.34. The number of hydrogen-bond acceptors (Lipinski definition) is 2. The first kappa shape index (κ1) is 14.1. The Hall–Kier alpha value is -1.35. The van der Waals surface area contributed by atoms with Crippen molar-refractivity contribution in [1.82, 2.24) is 5.32 Å². The van der Waals surface area contributed by atoms with Crippen molar-refractivity contribution >= 4 is 11.6 Å². The van der Waals surface area contributed by atoms with Gasteiger partial charge in [0.25, 0.3) is 0 Å². The van der Waals surface area contributed by atoms with Gasteiger partial charge in [-0.3, -0.25) is 4.79 Å². The number of hydrogen-bond donors (Lipinski definition) is 1. The zero-order valence-corrected chi connectivity index (χ0v) is 12.4. The summed E-state index contributed by atoms with van der Waals surface area (Å²) in [7, 11) is 0. The number of anilines is 1. The first-order chi connectivity index (χ1) is 9.04. The van der Waals surface area contributed by atoms with Crippen LogP contribution in [0.1, 0.15) is 38.3 Å². The summed E-state index contributed by atoms with van der Waals surface area (Å²) in [6, 6.07) is 6.60. The average molecular weight is 260 g/mol. The summed E-state index contributed by atoms with van der Waals surface area (Å²) in [5, 5.41) is 3.36. The van der Waals surface area contributed by atoms with Gasteiger partial charge in [0.05, 0.1) is 6.04 Å². The van der Waals surface area contributed by atoms with Gasteiger partial charge in [-0.1, -0.05) is 39.0 Å². The van der Waals surface area contributed by atoms with Gasteiger partial charge in [-0.05, 0) is 30.9 Å². The molecule has 0 radical (unpaired) electrons. The van der Waals surface area contributed by atoms with Crippen LogP contribution < -0.4 is 10.2 Å². The van der Waals surface area contributed by atoms with Gasteiger partial charge in [-0.25, -0.2) is 0 Å². The Kier molecular flexibility index (Phi) is 4.25. The molecule has 0 bridgehead atoms. The molecule has 1 aromatic rings. The molecule has 1 aromatic carbocycles. The van der Waals surface area contributed by atoms with Crippen molar-refractivity contribution in [1.29, 1.82) is 0 Å². The third kappa shape index (κ3) is 2.81. The fourth-order valence-electron chi connectivity index (χ4n) is 2.85. The molecule has 0 aliphatic carbocycles. The van der Waals surface area contributed by atoms with Crippen molar-refractivity contribution in [2.24, 2.45) is 0 Å². The van der Waals surface area contributed by atoms with E-state index in [0.29, 0.717) is 6.04 Å². The topological polar surface area (TPSA) is 32.3 Å². The summed E-state index contributed by atoms with van der Waals surface area (Å²) in [5.74, 6) is 0.220. The van der Waals surface area contributed by atoms with Crippen LogP contribution in [0.3, 0.4) is 0 Å². The number of nitrogens with zero attached hydrogens (tertiary/aromatic N) is 1. The number of benzene rings is 1. The summed E-state index contributed by atoms with van der Waals surface area (Å²) >= 11 is 0. The lowest BCUT2D eigenvalue weighted by Crippen LogP contribution is -2.41. The van der Waals surface area contributed by atoms with E-state index in [4.69, 9.17) is 0 Å². The summed E-state index contributed by atoms with van der Waals surface area (Å²) in [4.78, 5) is 14.5. The minimum atomic E-state index is -0.0238. The molecule has 0 saturated carbocycles. The minimum Gasteiger partial charge on any atom is -0.310 e. The van der Waals surface area contributed by atoms with Gasteiger partial charge in [-0.15, -0.1) is 0 Å². The molecule has 104 valence electrons. The van der Waals surface area contributed by atoms with Crippen molar-refractivity contribution in [3.8, 4) is 0 Å². The van der Waals surface area contributed by atoms with E-state index in [1.807, 2.05) is 4.90 Å². The zero-order valence-electron chi connectivity index (χ0n) is 12.4. The first-order valence-electron chi connectivity index (χ1n) is 7.20. The fourth-order valence-corrected chi connectivity index (χ4v) is 2.85. The molecule has 1 saturated heterocycles. The maximum Gasteiger partial charge on any atom is 0.244 e. The molecule has 1 heterocycles. The van der Waals surface area contributed by atoms with E-state index < -0.39 is 0 Å². The Morgan fingerprint density at radius 2 is 2.16 bits per heavy atom. The second-order valence-corrected chi connectivity index (χ2v) is 5.59.